The van der Waals surface area contributed by atoms with Crippen molar-refractivity contribution in [2.75, 3.05) is 34.1 Å². The van der Waals surface area contributed by atoms with E-state index in [1.54, 1.807) is 14.2 Å². The number of amides is 1. The van der Waals surface area contributed by atoms with E-state index in [2.05, 4.69) is 20.4 Å². The monoisotopic (exact) mass is 480 g/mol. The molecule has 3 heterocycles. The van der Waals surface area contributed by atoms with Crippen LogP contribution in [-0.2, 0) is 17.9 Å². The lowest BCUT2D eigenvalue weighted by Crippen LogP contribution is -2.42. The summed E-state index contributed by atoms with van der Waals surface area (Å²) >= 11 is 0. The number of rotatable bonds is 8. The molecule has 1 saturated heterocycles. The number of methoxy groups -OCH3 is 2. The normalized spacial score (nSPS) is 17.3. The zero-order chi connectivity index (χ0) is 24.2. The zero-order valence-electron chi connectivity index (χ0n) is 19.8. The molecule has 1 fully saturated rings. The van der Waals surface area contributed by atoms with E-state index in [1.165, 1.54) is 0 Å². The van der Waals surface area contributed by atoms with Crippen molar-refractivity contribution in [2.24, 2.45) is 5.92 Å². The lowest BCUT2D eigenvalue weighted by molar-refractivity contribution is -0.127. The Kier molecular flexibility index (Phi) is 6.71. The van der Waals surface area contributed by atoms with Gasteiger partial charge in [0.25, 0.3) is 0 Å². The number of nitrogens with zero attached hydrogens (tertiary/aromatic N) is 3. The van der Waals surface area contributed by atoms with Crippen molar-refractivity contribution < 1.29 is 28.3 Å². The second kappa shape index (κ2) is 10.2. The Morgan fingerprint density at radius 3 is 2.83 bits per heavy atom. The Morgan fingerprint density at radius 1 is 1.11 bits per heavy atom. The molecule has 1 N–H and O–H groups in total. The van der Waals surface area contributed by atoms with Crippen LogP contribution in [0.1, 0.15) is 24.3 Å². The fourth-order valence-corrected chi connectivity index (χ4v) is 4.40. The molecule has 5 rings (SSSR count). The molecule has 1 amide bonds. The van der Waals surface area contributed by atoms with E-state index in [-0.39, 0.29) is 18.6 Å². The summed E-state index contributed by atoms with van der Waals surface area (Å²) in [5.41, 5.74) is 1.75. The Hall–Kier alpha value is -3.79. The first-order chi connectivity index (χ1) is 17.1. The Morgan fingerprint density at radius 2 is 1.97 bits per heavy atom. The van der Waals surface area contributed by atoms with Crippen molar-refractivity contribution in [3.05, 3.63) is 47.9 Å². The number of ether oxygens (including phenoxy) is 4. The SMILES string of the molecule is COc1ccc(-c2noc(CN3CCC[C@H](C(=O)NCc4ccc5c(c4)OCO5)C3)n2)cc1OC. The summed E-state index contributed by atoms with van der Waals surface area (Å²) in [6.45, 7) is 2.69. The van der Waals surface area contributed by atoms with Crippen LogP contribution in [0.4, 0.5) is 0 Å². The van der Waals surface area contributed by atoms with Crippen LogP contribution in [0.2, 0.25) is 0 Å². The van der Waals surface area contributed by atoms with Crippen LogP contribution >= 0.6 is 0 Å². The number of carbonyl (C=O) groups excluding carboxylic acids is 1. The van der Waals surface area contributed by atoms with Gasteiger partial charge in [0, 0.05) is 18.7 Å². The van der Waals surface area contributed by atoms with Gasteiger partial charge in [0.15, 0.2) is 23.0 Å². The quantitative estimate of drug-likeness (QED) is 0.520. The van der Waals surface area contributed by atoms with Gasteiger partial charge in [-0.3, -0.25) is 9.69 Å². The fraction of sp³-hybridized carbons (Fsp3) is 0.400. The van der Waals surface area contributed by atoms with Crippen molar-refractivity contribution in [1.82, 2.24) is 20.4 Å². The summed E-state index contributed by atoms with van der Waals surface area (Å²) in [7, 11) is 3.18. The number of hydrogen-bond acceptors (Lipinski definition) is 9. The number of carbonyl (C=O) groups is 1. The minimum absolute atomic E-state index is 0.0453. The summed E-state index contributed by atoms with van der Waals surface area (Å²) in [4.78, 5) is 19.6. The van der Waals surface area contributed by atoms with Gasteiger partial charge in [-0.2, -0.15) is 4.98 Å². The van der Waals surface area contributed by atoms with Crippen LogP contribution in [0.3, 0.4) is 0 Å². The largest absolute Gasteiger partial charge is 0.493 e. The number of benzene rings is 2. The van der Waals surface area contributed by atoms with Gasteiger partial charge in [-0.25, -0.2) is 0 Å². The molecule has 2 aliphatic rings. The summed E-state index contributed by atoms with van der Waals surface area (Å²) in [5, 5.41) is 7.17. The summed E-state index contributed by atoms with van der Waals surface area (Å²) in [6, 6.07) is 11.2. The van der Waals surface area contributed by atoms with Gasteiger partial charge in [0.1, 0.15) is 0 Å². The number of piperidine rings is 1. The maximum absolute atomic E-state index is 12.8. The fourth-order valence-electron chi connectivity index (χ4n) is 4.40. The molecule has 0 spiro atoms. The molecule has 1 atom stereocenters. The van der Waals surface area contributed by atoms with Crippen molar-refractivity contribution >= 4 is 5.91 Å². The van der Waals surface area contributed by atoms with Crippen LogP contribution in [0.15, 0.2) is 40.9 Å². The minimum atomic E-state index is -0.0917. The molecule has 0 radical (unpaired) electrons. The lowest BCUT2D eigenvalue weighted by atomic mass is 9.97. The first-order valence-corrected chi connectivity index (χ1v) is 11.6. The van der Waals surface area contributed by atoms with E-state index in [0.29, 0.717) is 48.6 Å². The topological polar surface area (TPSA) is 108 Å². The molecular weight excluding hydrogens is 452 g/mol. The zero-order valence-corrected chi connectivity index (χ0v) is 19.8. The van der Waals surface area contributed by atoms with Crippen LogP contribution < -0.4 is 24.3 Å². The molecule has 2 aromatic carbocycles. The van der Waals surface area contributed by atoms with E-state index in [1.807, 2.05) is 36.4 Å². The second-order valence-electron chi connectivity index (χ2n) is 8.56. The first-order valence-electron chi connectivity index (χ1n) is 11.6. The van der Waals surface area contributed by atoms with Crippen LogP contribution in [0.5, 0.6) is 23.0 Å². The molecule has 0 saturated carbocycles. The van der Waals surface area contributed by atoms with E-state index in [0.717, 1.165) is 36.3 Å². The van der Waals surface area contributed by atoms with E-state index in [9.17, 15) is 4.79 Å². The van der Waals surface area contributed by atoms with Crippen molar-refractivity contribution in [3.8, 4) is 34.4 Å². The van der Waals surface area contributed by atoms with Crippen molar-refractivity contribution in [3.63, 3.8) is 0 Å². The predicted octanol–water partition coefficient (Wildman–Crippen LogP) is 3.01. The maximum atomic E-state index is 12.8. The summed E-state index contributed by atoms with van der Waals surface area (Å²) in [5.74, 6) is 3.63. The Bertz CT molecular complexity index is 1200. The minimum Gasteiger partial charge on any atom is -0.493 e. The molecule has 0 unspecified atom stereocenters. The number of hydrogen-bond donors (Lipinski definition) is 1. The van der Waals surface area contributed by atoms with Crippen molar-refractivity contribution in [1.29, 1.82) is 0 Å². The van der Waals surface area contributed by atoms with Gasteiger partial charge >= 0.3 is 0 Å². The first kappa shape index (κ1) is 23.0. The molecule has 35 heavy (non-hydrogen) atoms. The van der Waals surface area contributed by atoms with E-state index in [4.69, 9.17) is 23.5 Å². The maximum Gasteiger partial charge on any atom is 0.241 e. The number of aromatic nitrogens is 2. The van der Waals surface area contributed by atoms with Crippen LogP contribution in [-0.4, -0.2) is 55.0 Å². The van der Waals surface area contributed by atoms with E-state index >= 15 is 0 Å². The highest BCUT2D eigenvalue weighted by atomic mass is 16.7. The smallest absolute Gasteiger partial charge is 0.241 e. The molecule has 0 aliphatic carbocycles. The highest BCUT2D eigenvalue weighted by Crippen LogP contribution is 2.33. The van der Waals surface area contributed by atoms with Gasteiger partial charge in [-0.1, -0.05) is 11.2 Å². The standard InChI is InChI=1S/C25H28N4O6/c1-31-19-8-6-17(11-21(19)32-2)24-27-23(35-28-24)14-29-9-3-4-18(13-29)25(30)26-12-16-5-7-20-22(10-16)34-15-33-20/h5-8,10-11,18H,3-4,9,12-15H2,1-2H3,(H,26,30)/t18-/m0/s1. The number of fused-ring (bicyclic) bond motifs is 1. The van der Waals surface area contributed by atoms with Gasteiger partial charge < -0.3 is 28.8 Å². The highest BCUT2D eigenvalue weighted by Gasteiger charge is 2.27. The van der Waals surface area contributed by atoms with Gasteiger partial charge in [-0.05, 0) is 55.3 Å². The Balaban J connectivity index is 1.16. The molecule has 2 aliphatic heterocycles. The average Bonchev–Trinajstić information content (AvgIpc) is 3.56. The number of nitrogens with one attached hydrogen (secondary N) is 1. The molecule has 3 aromatic rings. The van der Waals surface area contributed by atoms with Crippen LogP contribution in [0.25, 0.3) is 11.4 Å². The second-order valence-corrected chi connectivity index (χ2v) is 8.56. The highest BCUT2D eigenvalue weighted by molar-refractivity contribution is 5.79. The molecule has 184 valence electrons. The van der Waals surface area contributed by atoms with Gasteiger partial charge in [0.2, 0.25) is 24.4 Å². The van der Waals surface area contributed by atoms with Gasteiger partial charge in [-0.15, -0.1) is 0 Å². The third-order valence-corrected chi connectivity index (χ3v) is 6.25. The predicted molar refractivity (Wildman–Crippen MR) is 125 cm³/mol. The molecule has 10 heteroatoms. The lowest BCUT2D eigenvalue weighted by Gasteiger charge is -2.30. The Labute approximate surface area is 203 Å². The van der Waals surface area contributed by atoms with Gasteiger partial charge in [0.05, 0.1) is 26.7 Å². The third kappa shape index (κ3) is 5.17. The molecule has 0 bridgehead atoms. The summed E-state index contributed by atoms with van der Waals surface area (Å²) < 4.78 is 26.9. The molecule has 1 aromatic heterocycles. The van der Waals surface area contributed by atoms with E-state index < -0.39 is 0 Å². The molecule has 10 nitrogen and oxygen atoms in total. The summed E-state index contributed by atoms with van der Waals surface area (Å²) in [6.07, 6.45) is 1.78. The van der Waals surface area contributed by atoms with Crippen molar-refractivity contribution in [2.45, 2.75) is 25.9 Å². The molecular formula is C25H28N4O6. The third-order valence-electron chi connectivity index (χ3n) is 6.25. The van der Waals surface area contributed by atoms with Crippen LogP contribution in [0, 0.1) is 5.92 Å². The number of likely N-dealkylation sites (tertiary alicyclic amines) is 1. The average molecular weight is 481 g/mol.